The molecule has 0 aliphatic rings. The molecule has 1 N–H and O–H groups in total. The van der Waals surface area contributed by atoms with Crippen molar-refractivity contribution in [1.29, 1.82) is 0 Å². The first kappa shape index (κ1) is 12.3. The van der Waals surface area contributed by atoms with Crippen molar-refractivity contribution >= 4 is 0 Å². The van der Waals surface area contributed by atoms with Crippen LogP contribution >= 0.6 is 0 Å². The average molecular weight is 205 g/mol. The van der Waals surface area contributed by atoms with Crippen LogP contribution in [0.1, 0.15) is 50.8 Å². The van der Waals surface area contributed by atoms with Gasteiger partial charge in [0.05, 0.1) is 0 Å². The predicted molar refractivity (Wildman–Crippen MR) is 67.1 cm³/mol. The normalized spacial score (nSPS) is 14.9. The molecule has 0 fully saturated rings. The molecule has 1 aromatic carbocycles. The highest BCUT2D eigenvalue weighted by Gasteiger charge is 2.09. The van der Waals surface area contributed by atoms with Crippen LogP contribution in [-0.4, -0.2) is 6.04 Å². The molecule has 1 nitrogen and oxygen atoms in total. The molecule has 1 aromatic rings. The van der Waals surface area contributed by atoms with E-state index in [0.29, 0.717) is 12.1 Å². The van der Waals surface area contributed by atoms with Crippen LogP contribution in [0.25, 0.3) is 0 Å². The molecule has 0 saturated heterocycles. The van der Waals surface area contributed by atoms with Crippen LogP contribution < -0.4 is 5.32 Å². The van der Waals surface area contributed by atoms with Crippen molar-refractivity contribution in [1.82, 2.24) is 5.32 Å². The van der Waals surface area contributed by atoms with Gasteiger partial charge in [-0.15, -0.1) is 0 Å². The van der Waals surface area contributed by atoms with Crippen molar-refractivity contribution in [3.05, 3.63) is 35.4 Å². The third kappa shape index (κ3) is 3.67. The minimum absolute atomic E-state index is 0.452. The van der Waals surface area contributed by atoms with E-state index in [1.54, 1.807) is 0 Å². The Bertz CT molecular complexity index is 293. The van der Waals surface area contributed by atoms with Crippen molar-refractivity contribution in [2.75, 3.05) is 0 Å². The molecule has 0 aromatic heterocycles. The molecule has 2 atom stereocenters. The maximum absolute atomic E-state index is 3.64. The first-order valence-electron chi connectivity index (χ1n) is 5.96. The molecule has 15 heavy (non-hydrogen) atoms. The monoisotopic (exact) mass is 205 g/mol. The summed E-state index contributed by atoms with van der Waals surface area (Å²) in [6, 6.07) is 9.66. The van der Waals surface area contributed by atoms with Crippen LogP contribution in [-0.2, 0) is 0 Å². The van der Waals surface area contributed by atoms with E-state index in [4.69, 9.17) is 0 Å². The van der Waals surface area contributed by atoms with Crippen LogP contribution in [0.5, 0.6) is 0 Å². The SMILES string of the molecule is CCCC(C)NC(C)c1ccccc1C. The fourth-order valence-electron chi connectivity index (χ4n) is 2.11. The third-order valence-corrected chi connectivity index (χ3v) is 2.91. The first-order valence-corrected chi connectivity index (χ1v) is 5.96. The highest BCUT2D eigenvalue weighted by atomic mass is 14.9. The molecule has 0 amide bonds. The molecule has 0 saturated carbocycles. The number of hydrogen-bond donors (Lipinski definition) is 1. The summed E-state index contributed by atoms with van der Waals surface area (Å²) in [7, 11) is 0. The smallest absolute Gasteiger partial charge is 0.0296 e. The number of hydrogen-bond acceptors (Lipinski definition) is 1. The number of rotatable bonds is 5. The lowest BCUT2D eigenvalue weighted by molar-refractivity contribution is 0.452. The molecule has 1 heteroatoms. The van der Waals surface area contributed by atoms with Gasteiger partial charge in [0.2, 0.25) is 0 Å². The topological polar surface area (TPSA) is 12.0 Å². The summed E-state index contributed by atoms with van der Waals surface area (Å²) in [4.78, 5) is 0. The summed E-state index contributed by atoms with van der Waals surface area (Å²) < 4.78 is 0. The maximum Gasteiger partial charge on any atom is 0.0296 e. The minimum atomic E-state index is 0.452. The number of benzene rings is 1. The Morgan fingerprint density at radius 2 is 1.87 bits per heavy atom. The maximum atomic E-state index is 3.64. The fourth-order valence-corrected chi connectivity index (χ4v) is 2.11. The zero-order valence-corrected chi connectivity index (χ0v) is 10.4. The van der Waals surface area contributed by atoms with Gasteiger partial charge in [0.15, 0.2) is 0 Å². The standard InChI is InChI=1S/C14H23N/c1-5-8-12(3)15-13(4)14-10-7-6-9-11(14)2/h6-7,9-10,12-13,15H,5,8H2,1-4H3. The molecular weight excluding hydrogens is 182 g/mol. The van der Waals surface area contributed by atoms with E-state index in [2.05, 4.69) is 57.3 Å². The lowest BCUT2D eigenvalue weighted by atomic mass is 10.0. The van der Waals surface area contributed by atoms with E-state index in [1.165, 1.54) is 24.0 Å². The van der Waals surface area contributed by atoms with E-state index < -0.39 is 0 Å². The average Bonchev–Trinajstić information content (AvgIpc) is 2.18. The Morgan fingerprint density at radius 3 is 2.47 bits per heavy atom. The second-order valence-corrected chi connectivity index (χ2v) is 4.43. The molecule has 2 unspecified atom stereocenters. The first-order chi connectivity index (χ1) is 7.15. The van der Waals surface area contributed by atoms with Crippen molar-refractivity contribution in [2.45, 2.75) is 52.6 Å². The van der Waals surface area contributed by atoms with Gasteiger partial charge in [-0.05, 0) is 38.3 Å². The van der Waals surface area contributed by atoms with Gasteiger partial charge in [0.1, 0.15) is 0 Å². The Balaban J connectivity index is 2.61. The quantitative estimate of drug-likeness (QED) is 0.770. The van der Waals surface area contributed by atoms with Crippen molar-refractivity contribution in [3.8, 4) is 0 Å². The van der Waals surface area contributed by atoms with Gasteiger partial charge < -0.3 is 5.32 Å². The second-order valence-electron chi connectivity index (χ2n) is 4.43. The molecule has 0 aliphatic carbocycles. The summed E-state index contributed by atoms with van der Waals surface area (Å²) in [6.45, 7) is 8.92. The van der Waals surface area contributed by atoms with Gasteiger partial charge in [0.25, 0.3) is 0 Å². The van der Waals surface area contributed by atoms with Gasteiger partial charge in [-0.3, -0.25) is 0 Å². The van der Waals surface area contributed by atoms with Gasteiger partial charge in [-0.25, -0.2) is 0 Å². The predicted octanol–water partition coefficient (Wildman–Crippen LogP) is 3.83. The van der Waals surface area contributed by atoms with E-state index in [-0.39, 0.29) is 0 Å². The lowest BCUT2D eigenvalue weighted by Gasteiger charge is -2.21. The molecule has 0 radical (unpaired) electrons. The van der Waals surface area contributed by atoms with E-state index in [1.807, 2.05) is 0 Å². The zero-order valence-electron chi connectivity index (χ0n) is 10.4. The van der Waals surface area contributed by atoms with Gasteiger partial charge >= 0.3 is 0 Å². The van der Waals surface area contributed by atoms with Crippen LogP contribution in [0.15, 0.2) is 24.3 Å². The minimum Gasteiger partial charge on any atom is -0.308 e. The molecule has 1 rings (SSSR count). The third-order valence-electron chi connectivity index (χ3n) is 2.91. The van der Waals surface area contributed by atoms with Crippen LogP contribution in [0, 0.1) is 6.92 Å². The molecule has 0 spiro atoms. The largest absolute Gasteiger partial charge is 0.308 e. The van der Waals surface area contributed by atoms with Crippen molar-refractivity contribution in [3.63, 3.8) is 0 Å². The second kappa shape index (κ2) is 5.92. The highest BCUT2D eigenvalue weighted by Crippen LogP contribution is 2.17. The summed E-state index contributed by atoms with van der Waals surface area (Å²) in [6.07, 6.45) is 2.49. The van der Waals surface area contributed by atoms with E-state index in [9.17, 15) is 0 Å². The van der Waals surface area contributed by atoms with Crippen molar-refractivity contribution < 1.29 is 0 Å². The Labute approximate surface area is 93.9 Å². The summed E-state index contributed by atoms with van der Waals surface area (Å²) in [5, 5.41) is 3.64. The van der Waals surface area contributed by atoms with Gasteiger partial charge in [-0.1, -0.05) is 37.6 Å². The molecule has 0 aliphatic heterocycles. The summed E-state index contributed by atoms with van der Waals surface area (Å²) >= 11 is 0. The summed E-state index contributed by atoms with van der Waals surface area (Å²) in [5.41, 5.74) is 2.79. The van der Waals surface area contributed by atoms with Crippen LogP contribution in [0.3, 0.4) is 0 Å². The van der Waals surface area contributed by atoms with Gasteiger partial charge in [-0.2, -0.15) is 0 Å². The Morgan fingerprint density at radius 1 is 1.20 bits per heavy atom. The molecule has 84 valence electrons. The molecule has 0 heterocycles. The number of aryl methyl sites for hydroxylation is 1. The van der Waals surface area contributed by atoms with Crippen LogP contribution in [0.2, 0.25) is 0 Å². The number of nitrogens with one attached hydrogen (secondary N) is 1. The Hall–Kier alpha value is -0.820. The van der Waals surface area contributed by atoms with Crippen molar-refractivity contribution in [2.24, 2.45) is 0 Å². The summed E-state index contributed by atoms with van der Waals surface area (Å²) in [5.74, 6) is 0. The highest BCUT2D eigenvalue weighted by molar-refractivity contribution is 5.28. The van der Waals surface area contributed by atoms with Crippen LogP contribution in [0.4, 0.5) is 0 Å². The zero-order chi connectivity index (χ0) is 11.3. The Kier molecular flexibility index (Phi) is 4.83. The fraction of sp³-hybridized carbons (Fsp3) is 0.571. The van der Waals surface area contributed by atoms with E-state index in [0.717, 1.165) is 0 Å². The molecular formula is C14H23N. The van der Waals surface area contributed by atoms with Gasteiger partial charge in [0, 0.05) is 12.1 Å². The lowest BCUT2D eigenvalue weighted by Crippen LogP contribution is -2.29. The van der Waals surface area contributed by atoms with E-state index >= 15 is 0 Å². The molecule has 0 bridgehead atoms.